The van der Waals surface area contributed by atoms with Crippen LogP contribution in [0.4, 0.5) is 0 Å². The Morgan fingerprint density at radius 2 is 0.767 bits per heavy atom. The minimum absolute atomic E-state index is 0. The van der Waals surface area contributed by atoms with Crippen molar-refractivity contribution in [1.29, 1.82) is 0 Å². The maximum Gasteiger partial charge on any atom is 0.0475 e. The summed E-state index contributed by atoms with van der Waals surface area (Å²) in [5.74, 6) is 0.746. The number of hydrogen-bond donors (Lipinski definition) is 0. The van der Waals surface area contributed by atoms with Crippen LogP contribution < -0.4 is 0 Å². The Hall–Kier alpha value is 0.720. The third kappa shape index (κ3) is 18.3. The van der Waals surface area contributed by atoms with Crippen LogP contribution in [0.3, 0.4) is 0 Å². The highest BCUT2D eigenvalue weighted by atomic mass is 35.5. The molecule has 0 rings (SSSR count). The molecule has 0 aromatic carbocycles. The molecule has 0 aromatic heterocycles. The second-order valence-corrected chi connectivity index (χ2v) is 10.5. The van der Waals surface area contributed by atoms with Crippen molar-refractivity contribution >= 4 is 21.5 Å². The quantitative estimate of drug-likeness (QED) is 0.0803. The molecule has 0 N–H and O–H groups in total. The second kappa shape index (κ2) is 24.4. The van der Waals surface area contributed by atoms with Gasteiger partial charge in [0.15, 0.2) is 0 Å². The molecule has 0 nitrogen and oxygen atoms in total. The Morgan fingerprint density at radius 3 is 1.17 bits per heavy atom. The normalized spacial score (nSPS) is 12.7. The minimum atomic E-state index is 0. The average molecular weight is 463 g/mol. The molecule has 0 aliphatic heterocycles. The topological polar surface area (TPSA) is 0 Å². The van der Waals surface area contributed by atoms with E-state index in [4.69, 9.17) is 11.6 Å². The van der Waals surface area contributed by atoms with Crippen LogP contribution in [0.1, 0.15) is 169 Å². The minimum Gasteiger partial charge on any atom is -0.153 e. The first kappa shape index (κ1) is 32.9. The smallest absolute Gasteiger partial charge is 0.0475 e. The van der Waals surface area contributed by atoms with Crippen LogP contribution in [0.15, 0.2) is 0 Å². The lowest BCUT2D eigenvalue weighted by atomic mass is 9.77. The van der Waals surface area contributed by atoms with Crippen molar-refractivity contribution in [1.82, 2.24) is 0 Å². The molecule has 2 unspecified atom stereocenters. The van der Waals surface area contributed by atoms with Crippen LogP contribution in [0.2, 0.25) is 0 Å². The van der Waals surface area contributed by atoms with Crippen molar-refractivity contribution in [3.05, 3.63) is 0 Å². The lowest BCUT2D eigenvalue weighted by Gasteiger charge is -2.37. The van der Waals surface area contributed by atoms with Gasteiger partial charge >= 0.3 is 0 Å². The number of hydrogen-bond acceptors (Lipinski definition) is 0. The molecule has 2 atom stereocenters. The fourth-order valence-corrected chi connectivity index (χ4v) is 5.36. The SMILES string of the molecule is CCCCCCCCC(CCCCCC)C(Cl)(CCCCCC)CCCCCC.P. The van der Waals surface area contributed by atoms with Crippen LogP contribution in [0, 0.1) is 5.92 Å². The number of rotatable bonds is 23. The van der Waals surface area contributed by atoms with Gasteiger partial charge in [0.1, 0.15) is 0 Å². The van der Waals surface area contributed by atoms with E-state index >= 15 is 0 Å². The van der Waals surface area contributed by atoms with Crippen molar-refractivity contribution in [2.75, 3.05) is 0 Å². The van der Waals surface area contributed by atoms with E-state index in [-0.39, 0.29) is 14.8 Å². The average Bonchev–Trinajstić information content (AvgIpc) is 2.72. The molecule has 0 amide bonds. The predicted molar refractivity (Wildman–Crippen MR) is 147 cm³/mol. The molecule has 0 bridgehead atoms. The number of halogens is 1. The van der Waals surface area contributed by atoms with Gasteiger partial charge in [-0.15, -0.1) is 11.6 Å². The van der Waals surface area contributed by atoms with Gasteiger partial charge in [-0.05, 0) is 31.6 Å². The monoisotopic (exact) mass is 462 g/mol. The molecule has 0 saturated heterocycles. The Bertz CT molecular complexity index is 306. The van der Waals surface area contributed by atoms with Crippen LogP contribution in [-0.4, -0.2) is 4.87 Å². The van der Waals surface area contributed by atoms with Crippen LogP contribution in [-0.2, 0) is 0 Å². The highest BCUT2D eigenvalue weighted by Gasteiger charge is 2.34. The van der Waals surface area contributed by atoms with Crippen molar-refractivity contribution in [2.24, 2.45) is 5.92 Å². The Labute approximate surface area is 201 Å². The van der Waals surface area contributed by atoms with Gasteiger partial charge in [-0.3, -0.25) is 0 Å². The van der Waals surface area contributed by atoms with Gasteiger partial charge in [-0.2, -0.15) is 9.90 Å². The second-order valence-electron chi connectivity index (χ2n) is 9.76. The molecule has 0 heterocycles. The third-order valence-electron chi connectivity index (χ3n) is 6.94. The summed E-state index contributed by atoms with van der Waals surface area (Å²) < 4.78 is 0. The molecule has 184 valence electrons. The van der Waals surface area contributed by atoms with Gasteiger partial charge in [-0.25, -0.2) is 0 Å². The lowest BCUT2D eigenvalue weighted by molar-refractivity contribution is 0.264. The zero-order valence-electron chi connectivity index (χ0n) is 21.7. The zero-order valence-corrected chi connectivity index (χ0v) is 23.9. The fraction of sp³-hybridized carbons (Fsp3) is 1.00. The molecule has 0 aliphatic rings. The Morgan fingerprint density at radius 1 is 0.467 bits per heavy atom. The summed E-state index contributed by atoms with van der Waals surface area (Å²) in [6, 6.07) is 0. The van der Waals surface area contributed by atoms with Gasteiger partial charge in [0.25, 0.3) is 0 Å². The van der Waals surface area contributed by atoms with Crippen molar-refractivity contribution in [2.45, 2.75) is 174 Å². The summed E-state index contributed by atoms with van der Waals surface area (Å²) in [5, 5.41) is 0. The Kier molecular flexibility index (Phi) is 26.7. The van der Waals surface area contributed by atoms with Crippen LogP contribution in [0.25, 0.3) is 0 Å². The van der Waals surface area contributed by atoms with E-state index in [1.54, 1.807) is 0 Å². The molecule has 0 radical (unpaired) electrons. The van der Waals surface area contributed by atoms with E-state index in [1.807, 2.05) is 0 Å². The largest absolute Gasteiger partial charge is 0.153 e. The summed E-state index contributed by atoms with van der Waals surface area (Å²) in [6.07, 6.45) is 30.1. The molecule has 0 aromatic rings. The van der Waals surface area contributed by atoms with E-state index in [9.17, 15) is 0 Å². The molecule has 0 aliphatic carbocycles. The van der Waals surface area contributed by atoms with E-state index in [0.717, 1.165) is 5.92 Å². The maximum atomic E-state index is 7.54. The van der Waals surface area contributed by atoms with Crippen LogP contribution >= 0.6 is 21.5 Å². The first-order chi connectivity index (χ1) is 14.1. The molecule has 0 saturated carbocycles. The Balaban J connectivity index is 0. The zero-order chi connectivity index (χ0) is 21.6. The van der Waals surface area contributed by atoms with Gasteiger partial charge in [0.05, 0.1) is 0 Å². The third-order valence-corrected chi connectivity index (χ3v) is 7.62. The van der Waals surface area contributed by atoms with Gasteiger partial charge in [-0.1, -0.05) is 143 Å². The summed E-state index contributed by atoms with van der Waals surface area (Å²) in [5.41, 5.74) is 0. The molecule has 2 heteroatoms. The summed E-state index contributed by atoms with van der Waals surface area (Å²) >= 11 is 7.54. The van der Waals surface area contributed by atoms with Crippen molar-refractivity contribution in [3.63, 3.8) is 0 Å². The van der Waals surface area contributed by atoms with E-state index in [0.29, 0.717) is 0 Å². The van der Waals surface area contributed by atoms with E-state index < -0.39 is 0 Å². The van der Waals surface area contributed by atoms with Crippen molar-refractivity contribution < 1.29 is 0 Å². The maximum absolute atomic E-state index is 7.54. The summed E-state index contributed by atoms with van der Waals surface area (Å²) in [4.78, 5) is 0.0805. The molecular formula is C28H60ClP. The molecular weight excluding hydrogens is 403 g/mol. The highest BCUT2D eigenvalue weighted by molar-refractivity contribution is 6.92. The highest BCUT2D eigenvalue weighted by Crippen LogP contribution is 2.42. The van der Waals surface area contributed by atoms with Gasteiger partial charge < -0.3 is 0 Å². The molecule has 0 fully saturated rings. The van der Waals surface area contributed by atoms with E-state index in [2.05, 4.69) is 27.7 Å². The fourth-order valence-electron chi connectivity index (χ4n) is 4.87. The van der Waals surface area contributed by atoms with E-state index in [1.165, 1.54) is 141 Å². The molecule has 30 heavy (non-hydrogen) atoms. The predicted octanol–water partition coefficient (Wildman–Crippen LogP) is 11.3. The first-order valence-corrected chi connectivity index (χ1v) is 14.2. The summed E-state index contributed by atoms with van der Waals surface area (Å²) in [6.45, 7) is 9.26. The number of alkyl halides is 1. The number of unbranched alkanes of at least 4 members (excludes halogenated alkanes) is 14. The lowest BCUT2D eigenvalue weighted by Crippen LogP contribution is -2.32. The standard InChI is InChI=1S/C28H57Cl.H3P/c1-5-9-13-17-18-20-24-27(23-19-14-10-6-2)28(29,25-21-15-11-7-3)26-22-16-12-8-4;/h27H,5-26H2,1-4H3;1H3. The molecule has 0 spiro atoms. The van der Waals surface area contributed by atoms with Crippen LogP contribution in [0.5, 0.6) is 0 Å². The summed E-state index contributed by atoms with van der Waals surface area (Å²) in [7, 11) is 0. The van der Waals surface area contributed by atoms with Gasteiger partial charge in [0.2, 0.25) is 0 Å². The van der Waals surface area contributed by atoms with Gasteiger partial charge in [0, 0.05) is 4.87 Å². The van der Waals surface area contributed by atoms with Crippen molar-refractivity contribution in [3.8, 4) is 0 Å². The first-order valence-electron chi connectivity index (χ1n) is 13.8.